The number of carbonyl (C=O) groups excluding carboxylic acids is 3. The second-order valence-electron chi connectivity index (χ2n) is 4.54. The normalized spacial score (nSPS) is 27.5. The molecule has 1 unspecified atom stereocenters. The molecule has 104 valence electrons. The molecule has 2 aliphatic rings. The van der Waals surface area contributed by atoms with Gasteiger partial charge in [0, 0.05) is 5.33 Å². The number of fused-ring (bicyclic) bond motifs is 1. The number of nitrogens with zero attached hydrogens (tertiary/aromatic N) is 2. The van der Waals surface area contributed by atoms with E-state index in [2.05, 4.69) is 15.9 Å². The predicted molar refractivity (Wildman–Crippen MR) is 72.2 cm³/mol. The highest BCUT2D eigenvalue weighted by Gasteiger charge is 2.60. The molecule has 2 amide bonds. The Hall–Kier alpha value is -1.73. The summed E-state index contributed by atoms with van der Waals surface area (Å²) >= 11 is 3.28. The second-order valence-corrected chi connectivity index (χ2v) is 5.18. The number of imide groups is 1. The summed E-state index contributed by atoms with van der Waals surface area (Å²) in [5, 5.41) is 2.98. The molecular weight excluding hydrogens is 328 g/mol. The molecule has 7 heteroatoms. The molecule has 1 saturated heterocycles. The van der Waals surface area contributed by atoms with E-state index in [1.54, 1.807) is 24.3 Å². The lowest BCUT2D eigenvalue weighted by Crippen LogP contribution is -2.38. The molecule has 2 heterocycles. The summed E-state index contributed by atoms with van der Waals surface area (Å²) in [6.07, 6.45) is 0. The van der Waals surface area contributed by atoms with Gasteiger partial charge in [-0.05, 0) is 12.1 Å². The van der Waals surface area contributed by atoms with Gasteiger partial charge in [-0.1, -0.05) is 28.1 Å². The maximum Gasteiger partial charge on any atom is 0.326 e. The maximum atomic E-state index is 12.3. The Morgan fingerprint density at radius 1 is 1.25 bits per heavy atom. The van der Waals surface area contributed by atoms with Crippen LogP contribution in [0.15, 0.2) is 24.3 Å². The third-order valence-corrected chi connectivity index (χ3v) is 4.17. The van der Waals surface area contributed by atoms with Gasteiger partial charge >= 0.3 is 5.97 Å². The van der Waals surface area contributed by atoms with Crippen LogP contribution in [0, 0.1) is 0 Å². The lowest BCUT2D eigenvalue weighted by atomic mass is 10.1. The summed E-state index contributed by atoms with van der Waals surface area (Å²) < 4.78 is 4.69. The fourth-order valence-electron chi connectivity index (χ4n) is 2.47. The van der Waals surface area contributed by atoms with Gasteiger partial charge in [0.05, 0.1) is 24.3 Å². The zero-order valence-corrected chi connectivity index (χ0v) is 12.2. The van der Waals surface area contributed by atoms with E-state index in [4.69, 9.17) is 4.74 Å². The number of rotatable bonds is 3. The van der Waals surface area contributed by atoms with Gasteiger partial charge in [0.15, 0.2) is 0 Å². The van der Waals surface area contributed by atoms with Crippen molar-refractivity contribution < 1.29 is 19.1 Å². The monoisotopic (exact) mass is 338 g/mol. The lowest BCUT2D eigenvalue weighted by molar-refractivity contribution is -0.141. The van der Waals surface area contributed by atoms with Crippen LogP contribution in [-0.2, 0) is 9.53 Å². The first-order valence-electron chi connectivity index (χ1n) is 6.01. The second kappa shape index (κ2) is 4.68. The molecule has 1 aromatic rings. The summed E-state index contributed by atoms with van der Waals surface area (Å²) in [7, 11) is 1.28. The summed E-state index contributed by atoms with van der Waals surface area (Å²) in [5.41, 5.74) is 0.725. The Morgan fingerprint density at radius 3 is 2.25 bits per heavy atom. The number of esters is 1. The molecule has 1 fully saturated rings. The van der Waals surface area contributed by atoms with E-state index >= 15 is 0 Å². The largest absolute Gasteiger partial charge is 0.468 e. The quantitative estimate of drug-likeness (QED) is 0.353. The van der Waals surface area contributed by atoms with Crippen molar-refractivity contribution >= 4 is 33.7 Å². The Balaban J connectivity index is 1.92. The highest BCUT2D eigenvalue weighted by molar-refractivity contribution is 9.09. The van der Waals surface area contributed by atoms with Crippen LogP contribution in [0.1, 0.15) is 20.7 Å². The molecule has 0 saturated carbocycles. The molecule has 3 atom stereocenters. The number of halogens is 1. The van der Waals surface area contributed by atoms with E-state index in [0.29, 0.717) is 16.5 Å². The summed E-state index contributed by atoms with van der Waals surface area (Å²) in [5.74, 6) is -1.25. The van der Waals surface area contributed by atoms with E-state index in [0.717, 1.165) is 5.01 Å². The number of carbonyl (C=O) groups is 3. The minimum Gasteiger partial charge on any atom is -0.468 e. The molecule has 20 heavy (non-hydrogen) atoms. The molecular formula is C13H11BrN2O4. The average Bonchev–Trinajstić information content (AvgIpc) is 3.14. The first kappa shape index (κ1) is 13.3. The van der Waals surface area contributed by atoms with Crippen LogP contribution in [0.4, 0.5) is 0 Å². The molecule has 1 aromatic carbocycles. The Labute approximate surface area is 123 Å². The minimum absolute atomic E-state index is 0.246. The van der Waals surface area contributed by atoms with Gasteiger partial charge in [-0.25, -0.2) is 5.01 Å². The number of methoxy groups -OCH3 is 1. The molecule has 3 rings (SSSR count). The fourth-order valence-corrected chi connectivity index (χ4v) is 3.12. The number of amides is 2. The molecule has 0 aromatic heterocycles. The van der Waals surface area contributed by atoms with Crippen molar-refractivity contribution in [2.45, 2.75) is 12.1 Å². The van der Waals surface area contributed by atoms with Crippen LogP contribution in [0.5, 0.6) is 0 Å². The Bertz CT molecular complexity index is 583. The summed E-state index contributed by atoms with van der Waals surface area (Å²) in [6.45, 7) is 0. The van der Waals surface area contributed by atoms with Crippen LogP contribution < -0.4 is 0 Å². The van der Waals surface area contributed by atoms with Gasteiger partial charge in [0.25, 0.3) is 11.8 Å². The highest BCUT2D eigenvalue weighted by atomic mass is 79.9. The van der Waals surface area contributed by atoms with Crippen molar-refractivity contribution in [1.29, 1.82) is 0 Å². The number of hydrazine groups is 1. The van der Waals surface area contributed by atoms with Gasteiger partial charge in [0.2, 0.25) is 0 Å². The molecule has 0 bridgehead atoms. The number of hydrogen-bond donors (Lipinski definition) is 0. The van der Waals surface area contributed by atoms with Crippen LogP contribution >= 0.6 is 15.9 Å². The number of alkyl halides is 1. The van der Waals surface area contributed by atoms with E-state index in [1.807, 2.05) is 0 Å². The van der Waals surface area contributed by atoms with E-state index in [9.17, 15) is 14.4 Å². The molecule has 2 aliphatic heterocycles. The van der Waals surface area contributed by atoms with Crippen LogP contribution in [0.3, 0.4) is 0 Å². The SMILES string of the molecule is COC(=O)[C@H]1[C@@H](CBr)N1N1C(=O)c2ccccc2C1=O. The Kier molecular flexibility index (Phi) is 3.10. The van der Waals surface area contributed by atoms with Gasteiger partial charge < -0.3 is 4.74 Å². The first-order chi connectivity index (χ1) is 9.61. The highest BCUT2D eigenvalue weighted by Crippen LogP contribution is 2.37. The number of ether oxygens (including phenoxy) is 1. The van der Waals surface area contributed by atoms with Crippen molar-refractivity contribution in [3.8, 4) is 0 Å². The van der Waals surface area contributed by atoms with Crippen molar-refractivity contribution in [1.82, 2.24) is 10.0 Å². The van der Waals surface area contributed by atoms with Crippen molar-refractivity contribution in [2.24, 2.45) is 0 Å². The first-order valence-corrected chi connectivity index (χ1v) is 7.13. The van der Waals surface area contributed by atoms with E-state index in [-0.39, 0.29) is 6.04 Å². The third-order valence-electron chi connectivity index (χ3n) is 3.50. The van der Waals surface area contributed by atoms with Crippen LogP contribution in [0.2, 0.25) is 0 Å². The topological polar surface area (TPSA) is 66.7 Å². The lowest BCUT2D eigenvalue weighted by Gasteiger charge is -2.15. The summed E-state index contributed by atoms with van der Waals surface area (Å²) in [6, 6.07) is 5.78. The van der Waals surface area contributed by atoms with Gasteiger partial charge in [-0.3, -0.25) is 14.4 Å². The number of benzene rings is 1. The van der Waals surface area contributed by atoms with Crippen molar-refractivity contribution in [3.63, 3.8) is 0 Å². The fraction of sp³-hybridized carbons (Fsp3) is 0.308. The predicted octanol–water partition coefficient (Wildman–Crippen LogP) is 0.818. The average molecular weight is 339 g/mol. The van der Waals surface area contributed by atoms with Gasteiger partial charge in [-0.2, -0.15) is 5.01 Å². The minimum atomic E-state index is -0.596. The molecule has 0 aliphatic carbocycles. The molecule has 6 nitrogen and oxygen atoms in total. The van der Waals surface area contributed by atoms with Gasteiger partial charge in [-0.15, -0.1) is 0 Å². The standard InChI is InChI=1S/C13H11BrN2O4/c1-20-13(19)10-9(6-14)15(10)16-11(17)7-4-2-3-5-8(7)12(16)18/h2-5,9-10H,6H2,1H3/t9-,10-,15?/m1/s1. The molecule has 0 spiro atoms. The summed E-state index contributed by atoms with van der Waals surface area (Å²) in [4.78, 5) is 36.3. The maximum absolute atomic E-state index is 12.3. The zero-order chi connectivity index (χ0) is 14.4. The molecule has 0 N–H and O–H groups in total. The third kappa shape index (κ3) is 1.70. The number of hydrogen-bond acceptors (Lipinski definition) is 5. The van der Waals surface area contributed by atoms with E-state index < -0.39 is 23.8 Å². The van der Waals surface area contributed by atoms with Crippen LogP contribution in [-0.4, -0.2) is 52.3 Å². The van der Waals surface area contributed by atoms with E-state index in [1.165, 1.54) is 12.1 Å². The van der Waals surface area contributed by atoms with Crippen LogP contribution in [0.25, 0.3) is 0 Å². The van der Waals surface area contributed by atoms with Gasteiger partial charge in [0.1, 0.15) is 6.04 Å². The smallest absolute Gasteiger partial charge is 0.326 e. The zero-order valence-electron chi connectivity index (χ0n) is 10.6. The Morgan fingerprint density at radius 2 is 1.80 bits per heavy atom. The van der Waals surface area contributed by atoms with Crippen molar-refractivity contribution in [2.75, 3.05) is 12.4 Å². The van der Waals surface area contributed by atoms with Crippen molar-refractivity contribution in [3.05, 3.63) is 35.4 Å². The molecule has 0 radical (unpaired) electrons.